The van der Waals surface area contributed by atoms with Gasteiger partial charge in [0.15, 0.2) is 5.13 Å². The Balaban J connectivity index is 2.64. The summed E-state index contributed by atoms with van der Waals surface area (Å²) in [5.41, 5.74) is 5.72. The van der Waals surface area contributed by atoms with Crippen LogP contribution in [0.4, 0.5) is 5.13 Å². The van der Waals surface area contributed by atoms with Crippen molar-refractivity contribution in [2.45, 2.75) is 19.4 Å². The van der Waals surface area contributed by atoms with E-state index in [9.17, 15) is 4.79 Å². The van der Waals surface area contributed by atoms with E-state index in [4.69, 9.17) is 12.2 Å². The number of nitrogens with two attached hydrogens (primary N) is 1. The van der Waals surface area contributed by atoms with Crippen LogP contribution in [0.1, 0.15) is 23.8 Å². The maximum Gasteiger partial charge on any atom is 0.271 e. The van der Waals surface area contributed by atoms with E-state index in [-0.39, 0.29) is 11.9 Å². The van der Waals surface area contributed by atoms with Crippen molar-refractivity contribution in [2.24, 2.45) is 0 Å². The SMILES string of the molecule is C#CC(CC)NC(=O)c1csc(N)n1. The Morgan fingerprint density at radius 2 is 2.64 bits per heavy atom. The molecule has 4 nitrogen and oxygen atoms in total. The average molecular weight is 209 g/mol. The number of anilines is 1. The van der Waals surface area contributed by atoms with E-state index >= 15 is 0 Å². The van der Waals surface area contributed by atoms with Crippen molar-refractivity contribution in [3.8, 4) is 12.3 Å². The van der Waals surface area contributed by atoms with E-state index in [1.165, 1.54) is 11.3 Å². The predicted octanol–water partition coefficient (Wildman–Crippen LogP) is 0.867. The third-order valence-electron chi connectivity index (χ3n) is 1.67. The van der Waals surface area contributed by atoms with Gasteiger partial charge in [-0.2, -0.15) is 0 Å². The number of nitrogen functional groups attached to an aromatic ring is 1. The van der Waals surface area contributed by atoms with Crippen molar-refractivity contribution < 1.29 is 4.79 Å². The minimum atomic E-state index is -0.275. The summed E-state index contributed by atoms with van der Waals surface area (Å²) in [6, 6.07) is -0.245. The number of rotatable bonds is 3. The second kappa shape index (κ2) is 4.63. The van der Waals surface area contributed by atoms with Gasteiger partial charge in [-0.25, -0.2) is 4.98 Å². The number of hydrogen-bond acceptors (Lipinski definition) is 4. The van der Waals surface area contributed by atoms with Crippen LogP contribution in [0.5, 0.6) is 0 Å². The van der Waals surface area contributed by atoms with Crippen LogP contribution < -0.4 is 11.1 Å². The third kappa shape index (κ3) is 2.47. The maximum absolute atomic E-state index is 11.5. The number of nitrogens with one attached hydrogen (secondary N) is 1. The second-order valence-corrected chi connectivity index (χ2v) is 3.56. The molecule has 74 valence electrons. The Kier molecular flexibility index (Phi) is 3.48. The average Bonchev–Trinajstić information content (AvgIpc) is 2.61. The summed E-state index contributed by atoms with van der Waals surface area (Å²) >= 11 is 1.23. The van der Waals surface area contributed by atoms with Gasteiger partial charge in [-0.3, -0.25) is 4.79 Å². The summed E-state index contributed by atoms with van der Waals surface area (Å²) in [5.74, 6) is 2.20. The fourth-order valence-corrected chi connectivity index (χ4v) is 1.43. The number of amides is 1. The van der Waals surface area contributed by atoms with E-state index in [0.29, 0.717) is 17.2 Å². The van der Waals surface area contributed by atoms with Crippen molar-refractivity contribution in [1.29, 1.82) is 0 Å². The summed E-state index contributed by atoms with van der Waals surface area (Å²) in [7, 11) is 0. The Hall–Kier alpha value is -1.54. The van der Waals surface area contributed by atoms with E-state index < -0.39 is 0 Å². The van der Waals surface area contributed by atoms with Crippen LogP contribution in [0.25, 0.3) is 0 Å². The first-order valence-electron chi connectivity index (χ1n) is 4.15. The monoisotopic (exact) mass is 209 g/mol. The van der Waals surface area contributed by atoms with E-state index in [1.807, 2.05) is 6.92 Å². The van der Waals surface area contributed by atoms with Gasteiger partial charge in [-0.1, -0.05) is 12.8 Å². The van der Waals surface area contributed by atoms with E-state index in [1.54, 1.807) is 5.38 Å². The summed E-state index contributed by atoms with van der Waals surface area (Å²) in [6.45, 7) is 1.90. The van der Waals surface area contributed by atoms with Crippen LogP contribution in [0.2, 0.25) is 0 Å². The molecule has 1 rings (SSSR count). The van der Waals surface area contributed by atoms with Crippen molar-refractivity contribution >= 4 is 22.4 Å². The molecule has 0 fully saturated rings. The minimum Gasteiger partial charge on any atom is -0.375 e. The molecule has 1 atom stereocenters. The molecule has 0 saturated carbocycles. The van der Waals surface area contributed by atoms with Crippen LogP contribution >= 0.6 is 11.3 Å². The lowest BCUT2D eigenvalue weighted by Gasteiger charge is -2.08. The van der Waals surface area contributed by atoms with E-state index in [0.717, 1.165) is 0 Å². The van der Waals surface area contributed by atoms with Crippen LogP contribution in [0, 0.1) is 12.3 Å². The first-order chi connectivity index (χ1) is 6.67. The van der Waals surface area contributed by atoms with Crippen molar-refractivity contribution in [2.75, 3.05) is 5.73 Å². The lowest BCUT2D eigenvalue weighted by molar-refractivity contribution is 0.0941. The number of nitrogens with zero attached hydrogens (tertiary/aromatic N) is 1. The zero-order chi connectivity index (χ0) is 10.6. The molecule has 0 aliphatic carbocycles. The molecular weight excluding hydrogens is 198 g/mol. The molecule has 0 aliphatic heterocycles. The summed E-state index contributed by atoms with van der Waals surface area (Å²) in [4.78, 5) is 15.3. The standard InChI is InChI=1S/C9H11N3OS/c1-3-6(4-2)11-8(13)7-5-14-9(10)12-7/h1,5-6H,4H2,2H3,(H2,10,12)(H,11,13). The number of carbonyl (C=O) groups excluding carboxylic acids is 1. The van der Waals surface area contributed by atoms with Crippen LogP contribution in [-0.4, -0.2) is 16.9 Å². The highest BCUT2D eigenvalue weighted by atomic mass is 32.1. The second-order valence-electron chi connectivity index (χ2n) is 2.67. The van der Waals surface area contributed by atoms with Gasteiger partial charge in [-0.05, 0) is 6.42 Å². The minimum absolute atomic E-state index is 0.245. The molecule has 0 bridgehead atoms. The Bertz CT molecular complexity index is 366. The smallest absolute Gasteiger partial charge is 0.271 e. The van der Waals surface area contributed by atoms with Gasteiger partial charge in [0.1, 0.15) is 5.69 Å². The highest BCUT2D eigenvalue weighted by molar-refractivity contribution is 7.13. The number of hydrogen-bond donors (Lipinski definition) is 2. The van der Waals surface area contributed by atoms with Gasteiger partial charge >= 0.3 is 0 Å². The zero-order valence-electron chi connectivity index (χ0n) is 7.78. The van der Waals surface area contributed by atoms with Gasteiger partial charge in [0.25, 0.3) is 5.91 Å². The highest BCUT2D eigenvalue weighted by Crippen LogP contribution is 2.10. The van der Waals surface area contributed by atoms with Crippen molar-refractivity contribution in [1.82, 2.24) is 10.3 Å². The molecule has 0 aliphatic rings. The Labute approximate surface area is 86.5 Å². The summed E-state index contributed by atoms with van der Waals surface area (Å²) < 4.78 is 0. The normalized spacial score (nSPS) is 11.7. The topological polar surface area (TPSA) is 68.0 Å². The number of aromatic nitrogens is 1. The molecule has 14 heavy (non-hydrogen) atoms. The molecule has 0 spiro atoms. The molecule has 1 amide bonds. The Morgan fingerprint density at radius 3 is 3.07 bits per heavy atom. The first-order valence-corrected chi connectivity index (χ1v) is 5.03. The Morgan fingerprint density at radius 1 is 1.93 bits per heavy atom. The maximum atomic E-state index is 11.5. The van der Waals surface area contributed by atoms with Gasteiger partial charge in [0, 0.05) is 5.38 Å². The quantitative estimate of drug-likeness (QED) is 0.726. The molecule has 0 radical (unpaired) electrons. The number of thiazole rings is 1. The molecule has 3 N–H and O–H groups in total. The molecule has 1 heterocycles. The fraction of sp³-hybridized carbons (Fsp3) is 0.333. The largest absolute Gasteiger partial charge is 0.375 e. The molecule has 1 aromatic rings. The molecule has 0 aromatic carbocycles. The van der Waals surface area contributed by atoms with Gasteiger partial charge in [0.2, 0.25) is 0 Å². The van der Waals surface area contributed by atoms with Crippen LogP contribution in [0.15, 0.2) is 5.38 Å². The van der Waals surface area contributed by atoms with Gasteiger partial charge in [-0.15, -0.1) is 17.8 Å². The first kappa shape index (κ1) is 10.5. The lowest BCUT2D eigenvalue weighted by atomic mass is 10.2. The summed E-state index contributed by atoms with van der Waals surface area (Å²) in [6.07, 6.45) is 5.90. The summed E-state index contributed by atoms with van der Waals surface area (Å²) in [5, 5.41) is 4.64. The van der Waals surface area contributed by atoms with Crippen molar-refractivity contribution in [3.63, 3.8) is 0 Å². The van der Waals surface area contributed by atoms with Crippen molar-refractivity contribution in [3.05, 3.63) is 11.1 Å². The molecule has 5 heteroatoms. The van der Waals surface area contributed by atoms with Crippen LogP contribution in [0.3, 0.4) is 0 Å². The van der Waals surface area contributed by atoms with Gasteiger partial charge < -0.3 is 11.1 Å². The fourth-order valence-electron chi connectivity index (χ4n) is 0.886. The van der Waals surface area contributed by atoms with E-state index in [2.05, 4.69) is 16.2 Å². The molecular formula is C9H11N3OS. The number of terminal acetylenes is 1. The third-order valence-corrected chi connectivity index (χ3v) is 2.34. The lowest BCUT2D eigenvalue weighted by Crippen LogP contribution is -2.33. The number of carbonyl (C=O) groups is 1. The highest BCUT2D eigenvalue weighted by Gasteiger charge is 2.12. The predicted molar refractivity (Wildman–Crippen MR) is 56.9 cm³/mol. The zero-order valence-corrected chi connectivity index (χ0v) is 8.60. The van der Waals surface area contributed by atoms with Crippen LogP contribution in [-0.2, 0) is 0 Å². The van der Waals surface area contributed by atoms with Gasteiger partial charge in [0.05, 0.1) is 6.04 Å². The molecule has 1 unspecified atom stereocenters. The molecule has 0 saturated heterocycles. The molecule has 1 aromatic heterocycles.